The first kappa shape index (κ1) is 16.5. The van der Waals surface area contributed by atoms with E-state index in [9.17, 15) is 0 Å². The predicted molar refractivity (Wildman–Crippen MR) is 92.6 cm³/mol. The molecule has 4 heteroatoms. The van der Waals surface area contributed by atoms with Gasteiger partial charge >= 0.3 is 0 Å². The van der Waals surface area contributed by atoms with Gasteiger partial charge in [0.15, 0.2) is 0 Å². The maximum atomic E-state index is 3.68. The average Bonchev–Trinajstić information content (AvgIpc) is 2.81. The number of nitrogens with zero attached hydrogens (tertiary/aromatic N) is 1. The fraction of sp³-hybridized carbons (Fsp3) is 0.750. The van der Waals surface area contributed by atoms with Crippen LogP contribution in [0.4, 0.5) is 0 Å². The van der Waals surface area contributed by atoms with Crippen molar-refractivity contribution >= 4 is 27.3 Å². The Morgan fingerprint density at radius 1 is 1.55 bits per heavy atom. The van der Waals surface area contributed by atoms with E-state index in [1.54, 1.807) is 0 Å². The summed E-state index contributed by atoms with van der Waals surface area (Å²) >= 11 is 5.55. The summed E-state index contributed by atoms with van der Waals surface area (Å²) < 4.78 is 1.26. The van der Waals surface area contributed by atoms with E-state index < -0.39 is 0 Å². The van der Waals surface area contributed by atoms with Gasteiger partial charge in [-0.3, -0.25) is 0 Å². The molecule has 1 aliphatic rings. The van der Waals surface area contributed by atoms with Crippen LogP contribution in [0.25, 0.3) is 0 Å². The lowest BCUT2D eigenvalue weighted by atomic mass is 9.70. The largest absolute Gasteiger partial charge is 0.315 e. The summed E-state index contributed by atoms with van der Waals surface area (Å²) in [5, 5.41) is 5.80. The first-order chi connectivity index (χ1) is 9.49. The molecule has 0 spiro atoms. The maximum Gasteiger partial charge on any atom is 0.0362 e. The number of likely N-dealkylation sites (N-methyl/N-ethyl adjacent to an activating group) is 2. The van der Waals surface area contributed by atoms with Crippen LogP contribution in [0, 0.1) is 5.92 Å². The van der Waals surface area contributed by atoms with Crippen molar-refractivity contribution < 1.29 is 0 Å². The fourth-order valence-electron chi connectivity index (χ4n) is 3.82. The molecule has 1 saturated carbocycles. The number of nitrogens with one attached hydrogen (secondary N) is 1. The molecule has 2 rings (SSSR count). The molecule has 1 aromatic rings. The number of hydrogen-bond donors (Lipinski definition) is 1. The van der Waals surface area contributed by atoms with Crippen LogP contribution in [0.5, 0.6) is 0 Å². The molecular formula is C16H27BrN2S. The van der Waals surface area contributed by atoms with Crippen LogP contribution in [0.15, 0.2) is 15.9 Å². The van der Waals surface area contributed by atoms with Gasteiger partial charge in [-0.2, -0.15) is 0 Å². The zero-order valence-corrected chi connectivity index (χ0v) is 15.5. The second kappa shape index (κ2) is 6.91. The Hall–Kier alpha value is 0.1000. The molecule has 0 radical (unpaired) electrons. The molecule has 3 atom stereocenters. The lowest BCUT2D eigenvalue weighted by molar-refractivity contribution is 0.0401. The highest BCUT2D eigenvalue weighted by atomic mass is 79.9. The lowest BCUT2D eigenvalue weighted by Crippen LogP contribution is -2.61. The van der Waals surface area contributed by atoms with Crippen molar-refractivity contribution in [3.8, 4) is 0 Å². The topological polar surface area (TPSA) is 15.3 Å². The number of rotatable bonds is 5. The highest BCUT2D eigenvalue weighted by Crippen LogP contribution is 2.40. The van der Waals surface area contributed by atoms with Gasteiger partial charge in [0.05, 0.1) is 0 Å². The maximum absolute atomic E-state index is 3.68. The molecule has 0 aliphatic heterocycles. The van der Waals surface area contributed by atoms with Crippen molar-refractivity contribution in [3.63, 3.8) is 0 Å². The zero-order chi connectivity index (χ0) is 14.8. The van der Waals surface area contributed by atoms with Gasteiger partial charge in [0.25, 0.3) is 0 Å². The number of thiophene rings is 1. The Balaban J connectivity index is 2.23. The van der Waals surface area contributed by atoms with Gasteiger partial charge in [0, 0.05) is 20.9 Å². The third kappa shape index (κ3) is 3.29. The van der Waals surface area contributed by atoms with Crippen molar-refractivity contribution in [1.29, 1.82) is 0 Å². The molecule has 20 heavy (non-hydrogen) atoms. The van der Waals surface area contributed by atoms with Crippen molar-refractivity contribution in [3.05, 3.63) is 20.8 Å². The van der Waals surface area contributed by atoms with Crippen molar-refractivity contribution in [1.82, 2.24) is 10.2 Å². The smallest absolute Gasteiger partial charge is 0.0362 e. The molecule has 2 nitrogen and oxygen atoms in total. The summed E-state index contributed by atoms with van der Waals surface area (Å²) in [5.41, 5.74) is 0.288. The molecule has 0 aromatic carbocycles. The molecule has 0 bridgehead atoms. The Labute approximate surface area is 136 Å². The summed E-state index contributed by atoms with van der Waals surface area (Å²) in [6, 6.07) is 2.67. The molecule has 3 unspecified atom stereocenters. The minimum atomic E-state index is 0.288. The molecule has 1 aliphatic carbocycles. The van der Waals surface area contributed by atoms with Crippen LogP contribution in [-0.4, -0.2) is 37.6 Å². The second-order valence-electron chi connectivity index (χ2n) is 6.44. The van der Waals surface area contributed by atoms with E-state index in [0.717, 1.165) is 12.3 Å². The average molecular weight is 359 g/mol. The monoisotopic (exact) mass is 358 g/mol. The highest BCUT2D eigenvalue weighted by molar-refractivity contribution is 9.10. The molecule has 1 fully saturated rings. The van der Waals surface area contributed by atoms with Gasteiger partial charge in [-0.15, -0.1) is 11.3 Å². The van der Waals surface area contributed by atoms with E-state index in [0.29, 0.717) is 6.04 Å². The minimum Gasteiger partial charge on any atom is -0.315 e. The van der Waals surface area contributed by atoms with E-state index in [-0.39, 0.29) is 5.54 Å². The third-order valence-electron chi connectivity index (χ3n) is 4.98. The van der Waals surface area contributed by atoms with Crippen LogP contribution in [0.2, 0.25) is 0 Å². The molecule has 1 aromatic heterocycles. The zero-order valence-electron chi connectivity index (χ0n) is 13.1. The fourth-order valence-corrected chi connectivity index (χ4v) is 5.38. The van der Waals surface area contributed by atoms with Gasteiger partial charge < -0.3 is 10.2 Å². The summed E-state index contributed by atoms with van der Waals surface area (Å²) in [5.74, 6) is 0.828. The van der Waals surface area contributed by atoms with Gasteiger partial charge in [0.2, 0.25) is 0 Å². The van der Waals surface area contributed by atoms with Gasteiger partial charge in [0.1, 0.15) is 0 Å². The lowest BCUT2D eigenvalue weighted by Gasteiger charge is -2.50. The van der Waals surface area contributed by atoms with Crippen LogP contribution in [0.1, 0.15) is 37.5 Å². The first-order valence-electron chi connectivity index (χ1n) is 7.56. The normalized spacial score (nSPS) is 28.8. The number of halogens is 1. The standard InChI is InChI=1S/C16H27BrN2S/c1-12-6-5-8-16(11-12,19(3)4)15(18-2)10-14-13(17)7-9-20-14/h7,9,12,15,18H,5-6,8,10-11H2,1-4H3. The highest BCUT2D eigenvalue weighted by Gasteiger charge is 2.43. The van der Waals surface area contributed by atoms with Crippen LogP contribution in [0.3, 0.4) is 0 Å². The van der Waals surface area contributed by atoms with E-state index in [2.05, 4.69) is 65.7 Å². The van der Waals surface area contributed by atoms with E-state index >= 15 is 0 Å². The van der Waals surface area contributed by atoms with Crippen molar-refractivity contribution in [2.45, 2.75) is 50.6 Å². The molecule has 1 N–H and O–H groups in total. The van der Waals surface area contributed by atoms with Crippen LogP contribution < -0.4 is 5.32 Å². The van der Waals surface area contributed by atoms with E-state index in [1.807, 2.05) is 11.3 Å². The van der Waals surface area contributed by atoms with E-state index in [4.69, 9.17) is 0 Å². The Bertz CT molecular complexity index is 432. The van der Waals surface area contributed by atoms with Crippen LogP contribution >= 0.6 is 27.3 Å². The van der Waals surface area contributed by atoms with Gasteiger partial charge in [-0.05, 0) is 73.7 Å². The van der Waals surface area contributed by atoms with Crippen molar-refractivity contribution in [2.75, 3.05) is 21.1 Å². The van der Waals surface area contributed by atoms with Crippen LogP contribution in [-0.2, 0) is 6.42 Å². The molecule has 0 saturated heterocycles. The summed E-state index contributed by atoms with van der Waals surface area (Å²) in [4.78, 5) is 3.94. The molecule has 114 valence electrons. The second-order valence-corrected chi connectivity index (χ2v) is 8.29. The quantitative estimate of drug-likeness (QED) is 0.850. The molecular weight excluding hydrogens is 332 g/mol. The minimum absolute atomic E-state index is 0.288. The third-order valence-corrected chi connectivity index (χ3v) is 6.93. The SMILES string of the molecule is CNC(Cc1sccc1Br)C1(N(C)C)CCCC(C)C1. The van der Waals surface area contributed by atoms with Gasteiger partial charge in [-0.1, -0.05) is 19.8 Å². The summed E-state index contributed by atoms with van der Waals surface area (Å²) in [7, 11) is 6.63. The van der Waals surface area contributed by atoms with E-state index in [1.165, 1.54) is 35.0 Å². The van der Waals surface area contributed by atoms with Crippen molar-refractivity contribution in [2.24, 2.45) is 5.92 Å². The summed E-state index contributed by atoms with van der Waals surface area (Å²) in [6.45, 7) is 2.41. The Morgan fingerprint density at radius 2 is 2.30 bits per heavy atom. The Kier molecular flexibility index (Phi) is 5.69. The first-order valence-corrected chi connectivity index (χ1v) is 9.23. The Morgan fingerprint density at radius 3 is 2.80 bits per heavy atom. The predicted octanol–water partition coefficient (Wildman–Crippen LogP) is 4.15. The molecule has 1 heterocycles. The summed E-state index contributed by atoms with van der Waals surface area (Å²) in [6.07, 6.45) is 6.45. The van der Waals surface area contributed by atoms with Gasteiger partial charge in [-0.25, -0.2) is 0 Å². The number of hydrogen-bond acceptors (Lipinski definition) is 3. The molecule has 0 amide bonds.